The number of aryl methyl sites for hydroxylation is 2. The molecule has 1 aliphatic heterocycles. The van der Waals surface area contributed by atoms with Crippen LogP contribution < -0.4 is 5.32 Å². The summed E-state index contributed by atoms with van der Waals surface area (Å²) in [6.07, 6.45) is 5.68. The normalized spacial score (nSPS) is 15.3. The van der Waals surface area contributed by atoms with Gasteiger partial charge in [-0.2, -0.15) is 0 Å². The van der Waals surface area contributed by atoms with E-state index in [2.05, 4.69) is 17.2 Å². The van der Waals surface area contributed by atoms with Gasteiger partial charge in [-0.1, -0.05) is 37.3 Å². The molecule has 2 aromatic rings. The van der Waals surface area contributed by atoms with Crippen molar-refractivity contribution in [3.8, 4) is 0 Å². The molecule has 0 radical (unpaired) electrons. The van der Waals surface area contributed by atoms with Crippen LogP contribution in [-0.4, -0.2) is 34.8 Å². The van der Waals surface area contributed by atoms with Crippen LogP contribution in [0.3, 0.4) is 0 Å². The lowest BCUT2D eigenvalue weighted by Crippen LogP contribution is -2.40. The summed E-state index contributed by atoms with van der Waals surface area (Å²) in [7, 11) is 0. The number of amides is 2. The second-order valence-electron chi connectivity index (χ2n) is 6.71. The lowest BCUT2D eigenvalue weighted by atomic mass is 9.96. The topological polar surface area (TPSA) is 62.3 Å². The quantitative estimate of drug-likeness (QED) is 0.797. The van der Waals surface area contributed by atoms with E-state index >= 15 is 0 Å². The summed E-state index contributed by atoms with van der Waals surface area (Å²) in [4.78, 5) is 32.3. The van der Waals surface area contributed by atoms with Crippen LogP contribution in [0.15, 0.2) is 36.4 Å². The molecule has 1 aromatic carbocycles. The number of thiazole rings is 1. The molecule has 0 saturated carbocycles. The summed E-state index contributed by atoms with van der Waals surface area (Å²) in [6.45, 7) is 5.30. The number of rotatable bonds is 5. The molecule has 0 bridgehead atoms. The van der Waals surface area contributed by atoms with E-state index < -0.39 is 0 Å². The second-order valence-corrected chi connectivity index (χ2v) is 7.91. The van der Waals surface area contributed by atoms with Crippen molar-refractivity contribution in [3.63, 3.8) is 0 Å². The summed E-state index contributed by atoms with van der Waals surface area (Å²) in [5, 5.41) is 3.63. The largest absolute Gasteiger partial charge is 0.339 e. The zero-order valence-corrected chi connectivity index (χ0v) is 16.6. The summed E-state index contributed by atoms with van der Waals surface area (Å²) in [5.74, 6) is -0.0550. The molecule has 0 atom stereocenters. The Hall–Kier alpha value is -2.47. The van der Waals surface area contributed by atoms with Crippen LogP contribution in [0.25, 0.3) is 6.08 Å². The molecule has 2 amide bonds. The predicted octanol–water partition coefficient (Wildman–Crippen LogP) is 3.90. The fraction of sp³-hybridized carbons (Fsp3) is 0.381. The maximum Gasteiger partial charge on any atom is 0.246 e. The highest BCUT2D eigenvalue weighted by molar-refractivity contribution is 7.15. The Morgan fingerprint density at radius 1 is 1.26 bits per heavy atom. The summed E-state index contributed by atoms with van der Waals surface area (Å²) in [5.41, 5.74) is 2.05. The van der Waals surface area contributed by atoms with E-state index in [1.807, 2.05) is 48.2 Å². The molecule has 1 saturated heterocycles. The van der Waals surface area contributed by atoms with Gasteiger partial charge in [0.05, 0.1) is 5.69 Å². The number of carbonyl (C=O) groups excluding carboxylic acids is 2. The number of nitrogens with one attached hydrogen (secondary N) is 1. The smallest absolute Gasteiger partial charge is 0.246 e. The third kappa shape index (κ3) is 5.04. The van der Waals surface area contributed by atoms with Crippen molar-refractivity contribution in [1.82, 2.24) is 9.88 Å². The zero-order valence-electron chi connectivity index (χ0n) is 15.8. The lowest BCUT2D eigenvalue weighted by molar-refractivity contribution is -0.130. The van der Waals surface area contributed by atoms with Crippen molar-refractivity contribution in [2.24, 2.45) is 5.92 Å². The number of aromatic nitrogens is 1. The number of piperidine rings is 1. The van der Waals surface area contributed by atoms with Gasteiger partial charge < -0.3 is 10.2 Å². The van der Waals surface area contributed by atoms with Crippen molar-refractivity contribution in [2.45, 2.75) is 33.1 Å². The average molecular weight is 384 g/mol. The van der Waals surface area contributed by atoms with Crippen molar-refractivity contribution in [2.75, 3.05) is 18.4 Å². The van der Waals surface area contributed by atoms with Crippen LogP contribution in [0.5, 0.6) is 0 Å². The number of nitrogens with zero attached hydrogens (tertiary/aromatic N) is 2. The Morgan fingerprint density at radius 2 is 1.96 bits per heavy atom. The lowest BCUT2D eigenvalue weighted by Gasteiger charge is -2.30. The predicted molar refractivity (Wildman–Crippen MR) is 110 cm³/mol. The molecule has 6 heteroatoms. The molecule has 5 nitrogen and oxygen atoms in total. The molecule has 2 heterocycles. The first kappa shape index (κ1) is 19.3. The second kappa shape index (κ2) is 8.95. The number of hydrogen-bond acceptors (Lipinski definition) is 4. The Kier molecular flexibility index (Phi) is 6.40. The van der Waals surface area contributed by atoms with Gasteiger partial charge in [0.15, 0.2) is 5.13 Å². The van der Waals surface area contributed by atoms with Gasteiger partial charge in [-0.3, -0.25) is 9.59 Å². The van der Waals surface area contributed by atoms with Crippen LogP contribution >= 0.6 is 11.3 Å². The standard InChI is InChI=1S/C21H25N3O2S/c1-3-18-15(2)27-21(22-18)23-20(26)17-11-13-24(14-12-17)19(25)10-9-16-7-5-4-6-8-16/h4-10,17H,3,11-14H2,1-2H3,(H,22,23,26)/b10-9+. The molecular weight excluding hydrogens is 358 g/mol. The molecule has 3 rings (SSSR count). The van der Waals surface area contributed by atoms with Gasteiger partial charge in [0.25, 0.3) is 0 Å². The van der Waals surface area contributed by atoms with Crippen LogP contribution in [-0.2, 0) is 16.0 Å². The van der Waals surface area contributed by atoms with Gasteiger partial charge in [-0.15, -0.1) is 11.3 Å². The Bertz CT molecular complexity index is 821. The number of anilines is 1. The highest BCUT2D eigenvalue weighted by Gasteiger charge is 2.27. The van der Waals surface area contributed by atoms with E-state index in [1.54, 1.807) is 6.08 Å². The van der Waals surface area contributed by atoms with E-state index in [9.17, 15) is 9.59 Å². The molecule has 0 spiro atoms. The maximum atomic E-state index is 12.5. The summed E-state index contributed by atoms with van der Waals surface area (Å²) < 4.78 is 0. The van der Waals surface area contributed by atoms with E-state index in [-0.39, 0.29) is 17.7 Å². The van der Waals surface area contributed by atoms with Gasteiger partial charge in [-0.05, 0) is 37.8 Å². The minimum absolute atomic E-state index is 0.000784. The minimum Gasteiger partial charge on any atom is -0.339 e. The van der Waals surface area contributed by atoms with Crippen molar-refractivity contribution in [3.05, 3.63) is 52.5 Å². The third-order valence-electron chi connectivity index (χ3n) is 4.85. The van der Waals surface area contributed by atoms with Crippen molar-refractivity contribution < 1.29 is 9.59 Å². The zero-order chi connectivity index (χ0) is 19.2. The Balaban J connectivity index is 1.49. The molecule has 1 fully saturated rings. The van der Waals surface area contributed by atoms with Gasteiger partial charge >= 0.3 is 0 Å². The van der Waals surface area contributed by atoms with Crippen molar-refractivity contribution in [1.29, 1.82) is 0 Å². The molecule has 0 unspecified atom stereocenters. The number of likely N-dealkylation sites (tertiary alicyclic amines) is 1. The van der Waals surface area contributed by atoms with E-state index in [4.69, 9.17) is 0 Å². The minimum atomic E-state index is -0.0681. The number of hydrogen-bond donors (Lipinski definition) is 1. The molecule has 27 heavy (non-hydrogen) atoms. The molecule has 1 aromatic heterocycles. The fourth-order valence-corrected chi connectivity index (χ4v) is 4.12. The van der Waals surface area contributed by atoms with Gasteiger partial charge in [0.1, 0.15) is 0 Å². The van der Waals surface area contributed by atoms with Crippen LogP contribution in [0, 0.1) is 12.8 Å². The van der Waals surface area contributed by atoms with Gasteiger partial charge in [0.2, 0.25) is 11.8 Å². The first-order valence-electron chi connectivity index (χ1n) is 9.36. The van der Waals surface area contributed by atoms with Crippen LogP contribution in [0.4, 0.5) is 5.13 Å². The molecule has 1 N–H and O–H groups in total. The Labute approximate surface area is 164 Å². The number of benzene rings is 1. The third-order valence-corrected chi connectivity index (χ3v) is 5.78. The molecule has 1 aliphatic rings. The van der Waals surface area contributed by atoms with E-state index in [0.29, 0.717) is 31.1 Å². The average Bonchev–Trinajstić information content (AvgIpc) is 3.06. The van der Waals surface area contributed by atoms with E-state index in [0.717, 1.165) is 22.6 Å². The summed E-state index contributed by atoms with van der Waals surface area (Å²) in [6, 6.07) is 9.77. The van der Waals surface area contributed by atoms with Gasteiger partial charge in [-0.25, -0.2) is 4.98 Å². The van der Waals surface area contributed by atoms with Crippen LogP contribution in [0.1, 0.15) is 35.9 Å². The molecule has 0 aliphatic carbocycles. The Morgan fingerprint density at radius 3 is 2.59 bits per heavy atom. The summed E-state index contributed by atoms with van der Waals surface area (Å²) >= 11 is 1.52. The highest BCUT2D eigenvalue weighted by Crippen LogP contribution is 2.25. The molecular formula is C21H25N3O2S. The van der Waals surface area contributed by atoms with Crippen molar-refractivity contribution >= 4 is 34.4 Å². The fourth-order valence-electron chi connectivity index (χ4n) is 3.22. The highest BCUT2D eigenvalue weighted by atomic mass is 32.1. The van der Waals surface area contributed by atoms with E-state index in [1.165, 1.54) is 11.3 Å². The van der Waals surface area contributed by atoms with Crippen LogP contribution in [0.2, 0.25) is 0 Å². The monoisotopic (exact) mass is 383 g/mol. The maximum absolute atomic E-state index is 12.5. The number of carbonyl (C=O) groups is 2. The SMILES string of the molecule is CCc1nc(NC(=O)C2CCN(C(=O)/C=C/c3ccccc3)CC2)sc1C. The first-order valence-corrected chi connectivity index (χ1v) is 10.2. The molecule has 142 valence electrons. The first-order chi connectivity index (χ1) is 13.1. The van der Waals surface area contributed by atoms with Gasteiger partial charge in [0, 0.05) is 30.0 Å².